The van der Waals surface area contributed by atoms with E-state index in [4.69, 9.17) is 4.98 Å². The van der Waals surface area contributed by atoms with Crippen LogP contribution in [0.5, 0.6) is 0 Å². The molecule has 2 aromatic heterocycles. The number of likely N-dealkylation sites (N-methyl/N-ethyl adjacent to an activating group) is 2. The average molecular weight is 609 g/mol. The van der Waals surface area contributed by atoms with Gasteiger partial charge in [0.2, 0.25) is 0 Å². The summed E-state index contributed by atoms with van der Waals surface area (Å²) in [5.41, 5.74) is 3.97. The number of para-hydroxylation sites is 1. The minimum absolute atomic E-state index is 0.0107. The fourth-order valence-corrected chi connectivity index (χ4v) is 6.29. The number of carbonyl (C=O) groups is 1. The fourth-order valence-electron chi connectivity index (χ4n) is 5.02. The predicted molar refractivity (Wildman–Crippen MR) is 162 cm³/mol. The van der Waals surface area contributed by atoms with Gasteiger partial charge in [0.15, 0.2) is 9.84 Å². The molecule has 9 nitrogen and oxygen atoms in total. The number of pyridine rings is 1. The van der Waals surface area contributed by atoms with Gasteiger partial charge >= 0.3 is 0 Å². The summed E-state index contributed by atoms with van der Waals surface area (Å²) in [7, 11) is 2.54. The number of carbonyl (C=O) groups excluding carboxylic acids is 1. The lowest BCUT2D eigenvalue weighted by Crippen LogP contribution is -2.40. The number of amides is 1. The number of aryl methyl sites for hydroxylation is 1. The van der Waals surface area contributed by atoms with Gasteiger partial charge in [0.25, 0.3) is 5.91 Å². The summed E-state index contributed by atoms with van der Waals surface area (Å²) in [5.74, 6) is -1.63. The minimum Gasteiger partial charge on any atom is -0.339 e. The molecule has 1 aliphatic heterocycles. The van der Waals surface area contributed by atoms with Crippen LogP contribution in [0.1, 0.15) is 21.6 Å². The first kappa shape index (κ1) is 30.6. The van der Waals surface area contributed by atoms with Gasteiger partial charge in [-0.05, 0) is 56.4 Å². The molecule has 0 unspecified atom stereocenters. The van der Waals surface area contributed by atoms with Crippen LogP contribution in [0.25, 0.3) is 33.4 Å². The molecule has 4 aromatic rings. The van der Waals surface area contributed by atoms with Crippen molar-refractivity contribution in [2.24, 2.45) is 0 Å². The molecule has 12 heteroatoms. The number of aromatic nitrogens is 3. The van der Waals surface area contributed by atoms with Gasteiger partial charge in [-0.15, -0.1) is 0 Å². The number of hydrogen-bond acceptors (Lipinski definition) is 8. The van der Waals surface area contributed by atoms with Gasteiger partial charge in [0.05, 0.1) is 34.4 Å². The molecule has 0 bridgehead atoms. The van der Waals surface area contributed by atoms with Crippen molar-refractivity contribution in [1.82, 2.24) is 29.7 Å². The lowest BCUT2D eigenvalue weighted by Gasteiger charge is -2.26. The molecular weight excluding hydrogens is 574 g/mol. The van der Waals surface area contributed by atoms with Gasteiger partial charge < -0.3 is 9.80 Å². The van der Waals surface area contributed by atoms with Crippen LogP contribution in [0.2, 0.25) is 0 Å². The normalized spacial score (nSPS) is 15.2. The first-order valence-electron chi connectivity index (χ1n) is 14.0. The van der Waals surface area contributed by atoms with Crippen molar-refractivity contribution in [3.05, 3.63) is 77.2 Å². The Kier molecular flexibility index (Phi) is 8.81. The van der Waals surface area contributed by atoms with Crippen molar-refractivity contribution < 1.29 is 22.0 Å². The maximum Gasteiger partial charge on any atom is 0.272 e. The van der Waals surface area contributed by atoms with Crippen LogP contribution in [0.4, 0.5) is 8.78 Å². The van der Waals surface area contributed by atoms with E-state index in [1.165, 1.54) is 12.1 Å². The average Bonchev–Trinajstić information content (AvgIpc) is 2.97. The molecule has 1 aliphatic rings. The zero-order valence-corrected chi connectivity index (χ0v) is 25.5. The molecular formula is C31H34F2N6O3S. The Morgan fingerprint density at radius 1 is 0.953 bits per heavy atom. The van der Waals surface area contributed by atoms with E-state index >= 15 is 8.78 Å². The van der Waals surface area contributed by atoms with Crippen molar-refractivity contribution in [2.45, 2.75) is 13.5 Å². The number of sulfone groups is 1. The molecule has 0 spiro atoms. The summed E-state index contributed by atoms with van der Waals surface area (Å²) < 4.78 is 54.0. The van der Waals surface area contributed by atoms with Crippen LogP contribution in [-0.4, -0.2) is 103 Å². The molecule has 0 saturated carbocycles. The van der Waals surface area contributed by atoms with Gasteiger partial charge in [-0.25, -0.2) is 22.2 Å². The lowest BCUT2D eigenvalue weighted by atomic mass is 10.0. The largest absolute Gasteiger partial charge is 0.339 e. The third kappa shape index (κ3) is 6.87. The lowest BCUT2D eigenvalue weighted by molar-refractivity contribution is 0.0779. The van der Waals surface area contributed by atoms with Crippen molar-refractivity contribution in [3.8, 4) is 22.4 Å². The molecule has 43 heavy (non-hydrogen) atoms. The highest BCUT2D eigenvalue weighted by Gasteiger charge is 2.24. The highest BCUT2D eigenvalue weighted by atomic mass is 32.2. The van der Waals surface area contributed by atoms with Gasteiger partial charge in [0, 0.05) is 62.7 Å². The molecule has 0 radical (unpaired) electrons. The first-order chi connectivity index (χ1) is 20.4. The second-order valence-corrected chi connectivity index (χ2v) is 13.5. The van der Waals surface area contributed by atoms with E-state index in [2.05, 4.69) is 9.97 Å². The SMILES string of the molecule is Cc1cc(-c2cnc3cccc(-c4cc(F)c(CN5CCS(=O)(=O)CC5)c(F)c4)c3n2)cnc1C(=O)N(C)CCN(C)C. The Bertz CT molecular complexity index is 1760. The number of nitrogens with zero attached hydrogens (tertiary/aromatic N) is 6. The molecule has 0 aliphatic carbocycles. The smallest absolute Gasteiger partial charge is 0.272 e. The highest BCUT2D eigenvalue weighted by molar-refractivity contribution is 7.91. The van der Waals surface area contributed by atoms with Crippen molar-refractivity contribution >= 4 is 26.8 Å². The third-order valence-corrected chi connectivity index (χ3v) is 9.26. The van der Waals surface area contributed by atoms with Crippen LogP contribution >= 0.6 is 0 Å². The van der Waals surface area contributed by atoms with Crippen molar-refractivity contribution in [2.75, 3.05) is 58.8 Å². The molecule has 0 N–H and O–H groups in total. The van der Waals surface area contributed by atoms with Gasteiger partial charge in [0.1, 0.15) is 17.3 Å². The Hall–Kier alpha value is -3.87. The second-order valence-electron chi connectivity index (χ2n) is 11.2. The predicted octanol–water partition coefficient (Wildman–Crippen LogP) is 3.81. The summed E-state index contributed by atoms with van der Waals surface area (Å²) in [5, 5.41) is 0. The van der Waals surface area contributed by atoms with Crippen LogP contribution < -0.4 is 0 Å². The Balaban J connectivity index is 1.43. The Morgan fingerprint density at radius 2 is 1.65 bits per heavy atom. The summed E-state index contributed by atoms with van der Waals surface area (Å²) >= 11 is 0. The molecule has 0 atom stereocenters. The number of benzene rings is 2. The van der Waals surface area contributed by atoms with Crippen LogP contribution in [0.3, 0.4) is 0 Å². The van der Waals surface area contributed by atoms with E-state index in [0.29, 0.717) is 51.2 Å². The molecule has 1 amide bonds. The van der Waals surface area contributed by atoms with Gasteiger partial charge in [-0.3, -0.25) is 19.7 Å². The van der Waals surface area contributed by atoms with Gasteiger partial charge in [-0.2, -0.15) is 0 Å². The van der Waals surface area contributed by atoms with Crippen molar-refractivity contribution in [1.29, 1.82) is 0 Å². The molecule has 3 heterocycles. The third-order valence-electron chi connectivity index (χ3n) is 7.65. The number of hydrogen-bond donors (Lipinski definition) is 0. The standard InChI is InChI=1S/C31H34F2N6O3S/c1-20-14-22(17-35-29(20)31(40)38(4)9-8-37(2)3)28-18-34-27-7-5-6-23(30(27)36-28)21-15-25(32)24(26(33)16-21)19-39-10-12-43(41,42)13-11-39/h5-7,14-18H,8-13,19H2,1-4H3. The van der Waals surface area contributed by atoms with E-state index in [1.54, 1.807) is 47.4 Å². The second kappa shape index (κ2) is 12.4. The number of rotatable bonds is 8. The molecule has 5 rings (SSSR count). The fraction of sp³-hybridized carbons (Fsp3) is 0.355. The quantitative estimate of drug-likeness (QED) is 0.298. The van der Waals surface area contributed by atoms with Crippen LogP contribution in [-0.2, 0) is 16.4 Å². The van der Waals surface area contributed by atoms with E-state index < -0.39 is 21.5 Å². The van der Waals surface area contributed by atoms with Crippen LogP contribution in [0.15, 0.2) is 48.8 Å². The molecule has 1 saturated heterocycles. The Morgan fingerprint density at radius 3 is 2.30 bits per heavy atom. The molecule has 2 aromatic carbocycles. The van der Waals surface area contributed by atoms with E-state index in [-0.39, 0.29) is 42.6 Å². The summed E-state index contributed by atoms with van der Waals surface area (Å²) in [4.78, 5) is 32.1. The topological polar surface area (TPSA) is 99.6 Å². The Labute approximate surface area is 250 Å². The van der Waals surface area contributed by atoms with Crippen LogP contribution in [0, 0.1) is 18.6 Å². The van der Waals surface area contributed by atoms with E-state index in [1.807, 2.05) is 32.0 Å². The highest BCUT2D eigenvalue weighted by Crippen LogP contribution is 2.31. The maximum absolute atomic E-state index is 15.3. The summed E-state index contributed by atoms with van der Waals surface area (Å²) in [6.07, 6.45) is 3.19. The van der Waals surface area contributed by atoms with E-state index in [0.717, 1.165) is 6.54 Å². The first-order valence-corrected chi connectivity index (χ1v) is 15.8. The molecule has 1 fully saturated rings. The van der Waals surface area contributed by atoms with Gasteiger partial charge in [-0.1, -0.05) is 12.1 Å². The number of halogens is 2. The summed E-state index contributed by atoms with van der Waals surface area (Å²) in [6, 6.07) is 9.65. The van der Waals surface area contributed by atoms with Crippen molar-refractivity contribution in [3.63, 3.8) is 0 Å². The van der Waals surface area contributed by atoms with E-state index in [9.17, 15) is 13.2 Å². The maximum atomic E-state index is 15.3. The minimum atomic E-state index is -3.10. The zero-order chi connectivity index (χ0) is 30.9. The summed E-state index contributed by atoms with van der Waals surface area (Å²) in [6.45, 7) is 3.58. The zero-order valence-electron chi connectivity index (χ0n) is 24.6. The number of fused-ring (bicyclic) bond motifs is 1. The monoisotopic (exact) mass is 608 g/mol. The molecule has 226 valence electrons.